The Labute approximate surface area is 178 Å². The molecule has 1 aromatic heterocycles. The van der Waals surface area contributed by atoms with E-state index in [9.17, 15) is 4.79 Å². The maximum Gasteiger partial charge on any atom is 0.255 e. The van der Waals surface area contributed by atoms with Gasteiger partial charge >= 0.3 is 0 Å². The molecule has 0 radical (unpaired) electrons. The van der Waals surface area contributed by atoms with Crippen LogP contribution in [0.3, 0.4) is 0 Å². The molecule has 5 heteroatoms. The number of para-hydroxylation sites is 2. The minimum Gasteiger partial charge on any atom is -0.495 e. The predicted octanol–water partition coefficient (Wildman–Crippen LogP) is 4.87. The SMILES string of the molecule is COc1ccccc1N1CCN(C(=O)c2csc3c2CCC(C(C)(C)C)C3)CC1. The van der Waals surface area contributed by atoms with Crippen molar-refractivity contribution < 1.29 is 9.53 Å². The third kappa shape index (κ3) is 4.02. The Bertz CT molecular complexity index is 875. The molecular weight excluding hydrogens is 380 g/mol. The van der Waals surface area contributed by atoms with E-state index in [0.717, 1.165) is 56.0 Å². The van der Waals surface area contributed by atoms with Gasteiger partial charge in [-0.25, -0.2) is 0 Å². The van der Waals surface area contributed by atoms with Crippen molar-refractivity contribution in [2.75, 3.05) is 38.2 Å². The first-order chi connectivity index (χ1) is 13.9. The van der Waals surface area contributed by atoms with Crippen LogP contribution < -0.4 is 9.64 Å². The van der Waals surface area contributed by atoms with Crippen LogP contribution in [0.1, 0.15) is 48.0 Å². The van der Waals surface area contributed by atoms with E-state index in [1.165, 1.54) is 16.9 Å². The van der Waals surface area contributed by atoms with E-state index in [4.69, 9.17) is 4.74 Å². The van der Waals surface area contributed by atoms with Crippen LogP contribution in [0, 0.1) is 11.3 Å². The number of piperazine rings is 1. The number of ether oxygens (including phenoxy) is 1. The quantitative estimate of drug-likeness (QED) is 0.721. The number of amides is 1. The molecule has 1 unspecified atom stereocenters. The number of benzene rings is 1. The van der Waals surface area contributed by atoms with Crippen LogP contribution >= 0.6 is 11.3 Å². The van der Waals surface area contributed by atoms with E-state index >= 15 is 0 Å². The van der Waals surface area contributed by atoms with E-state index in [2.05, 4.69) is 37.1 Å². The van der Waals surface area contributed by atoms with Gasteiger partial charge in [-0.15, -0.1) is 11.3 Å². The highest BCUT2D eigenvalue weighted by atomic mass is 32.1. The Morgan fingerprint density at radius 3 is 2.55 bits per heavy atom. The summed E-state index contributed by atoms with van der Waals surface area (Å²) in [6.45, 7) is 10.2. The normalized spacial score (nSPS) is 19.8. The van der Waals surface area contributed by atoms with E-state index in [-0.39, 0.29) is 5.91 Å². The fraction of sp³-hybridized carbons (Fsp3) is 0.542. The number of anilines is 1. The molecule has 1 aromatic carbocycles. The van der Waals surface area contributed by atoms with Crippen molar-refractivity contribution in [3.05, 3.63) is 45.6 Å². The maximum absolute atomic E-state index is 13.3. The highest BCUT2D eigenvalue weighted by molar-refractivity contribution is 7.10. The average Bonchev–Trinajstić information content (AvgIpc) is 3.16. The summed E-state index contributed by atoms with van der Waals surface area (Å²) in [4.78, 5) is 19.1. The van der Waals surface area contributed by atoms with Gasteiger partial charge in [0.15, 0.2) is 0 Å². The van der Waals surface area contributed by atoms with Gasteiger partial charge < -0.3 is 14.5 Å². The molecule has 156 valence electrons. The summed E-state index contributed by atoms with van der Waals surface area (Å²) in [5.41, 5.74) is 3.74. The predicted molar refractivity (Wildman–Crippen MR) is 120 cm³/mol. The zero-order valence-electron chi connectivity index (χ0n) is 18.0. The molecule has 0 bridgehead atoms. The van der Waals surface area contributed by atoms with Crippen LogP contribution in [0.4, 0.5) is 5.69 Å². The number of hydrogen-bond acceptors (Lipinski definition) is 4. The zero-order chi connectivity index (χ0) is 20.6. The third-order valence-corrected chi connectivity index (χ3v) is 7.65. The summed E-state index contributed by atoms with van der Waals surface area (Å²) in [6, 6.07) is 8.12. The highest BCUT2D eigenvalue weighted by Gasteiger charge is 2.33. The third-order valence-electron chi connectivity index (χ3n) is 6.60. The topological polar surface area (TPSA) is 32.8 Å². The van der Waals surface area contributed by atoms with Gasteiger partial charge in [0.2, 0.25) is 0 Å². The molecule has 1 saturated heterocycles. The first-order valence-electron chi connectivity index (χ1n) is 10.6. The average molecular weight is 413 g/mol. The van der Waals surface area contributed by atoms with E-state index in [1.54, 1.807) is 18.4 Å². The van der Waals surface area contributed by atoms with Gasteiger partial charge in [0, 0.05) is 36.4 Å². The van der Waals surface area contributed by atoms with Gasteiger partial charge in [0.05, 0.1) is 18.4 Å². The molecule has 0 N–H and O–H groups in total. The molecule has 4 rings (SSSR count). The van der Waals surface area contributed by atoms with Crippen LogP contribution in [0.2, 0.25) is 0 Å². The lowest BCUT2D eigenvalue weighted by Gasteiger charge is -2.37. The number of nitrogens with zero attached hydrogens (tertiary/aromatic N) is 2. The van der Waals surface area contributed by atoms with Crippen LogP contribution in [0.5, 0.6) is 5.75 Å². The number of fused-ring (bicyclic) bond motifs is 1. The van der Waals surface area contributed by atoms with E-state index < -0.39 is 0 Å². The molecule has 2 aliphatic rings. The zero-order valence-corrected chi connectivity index (χ0v) is 18.8. The Hall–Kier alpha value is -2.01. The Morgan fingerprint density at radius 1 is 1.14 bits per heavy atom. The van der Waals surface area contributed by atoms with Crippen LogP contribution in [0.25, 0.3) is 0 Å². The van der Waals surface area contributed by atoms with Gasteiger partial charge in [-0.05, 0) is 48.3 Å². The second-order valence-corrected chi connectivity index (χ2v) is 10.3. The summed E-state index contributed by atoms with van der Waals surface area (Å²) in [5.74, 6) is 1.82. The van der Waals surface area contributed by atoms with Crippen molar-refractivity contribution in [1.82, 2.24) is 4.90 Å². The highest BCUT2D eigenvalue weighted by Crippen LogP contribution is 2.41. The van der Waals surface area contributed by atoms with E-state index in [1.807, 2.05) is 23.1 Å². The lowest BCUT2D eigenvalue weighted by Crippen LogP contribution is -2.49. The van der Waals surface area contributed by atoms with Gasteiger partial charge in [-0.2, -0.15) is 0 Å². The Morgan fingerprint density at radius 2 is 1.86 bits per heavy atom. The lowest BCUT2D eigenvalue weighted by atomic mass is 9.72. The van der Waals surface area contributed by atoms with Crippen molar-refractivity contribution in [1.29, 1.82) is 0 Å². The van der Waals surface area contributed by atoms with Crippen molar-refractivity contribution in [2.24, 2.45) is 11.3 Å². The molecule has 1 fully saturated rings. The fourth-order valence-corrected chi connectivity index (χ4v) is 5.80. The Balaban J connectivity index is 1.43. The standard InChI is InChI=1S/C24H32N2O2S/c1-24(2,3)17-9-10-18-19(16-29-22(18)15-17)23(27)26-13-11-25(12-14-26)20-7-5-6-8-21(20)28-4/h5-8,16-17H,9-15H2,1-4H3. The second kappa shape index (κ2) is 8.02. The lowest BCUT2D eigenvalue weighted by molar-refractivity contribution is 0.0745. The first-order valence-corrected chi connectivity index (χ1v) is 11.5. The van der Waals surface area contributed by atoms with Crippen molar-refractivity contribution >= 4 is 22.9 Å². The molecule has 29 heavy (non-hydrogen) atoms. The van der Waals surface area contributed by atoms with Crippen LogP contribution in [0.15, 0.2) is 29.6 Å². The molecular formula is C24H32N2O2S. The fourth-order valence-electron chi connectivity index (χ4n) is 4.64. The number of thiophene rings is 1. The van der Waals surface area contributed by atoms with Crippen molar-refractivity contribution in [2.45, 2.75) is 40.0 Å². The largest absolute Gasteiger partial charge is 0.495 e. The van der Waals surface area contributed by atoms with Crippen LogP contribution in [-0.2, 0) is 12.8 Å². The molecule has 2 aromatic rings. The smallest absolute Gasteiger partial charge is 0.255 e. The molecule has 0 saturated carbocycles. The molecule has 1 amide bonds. The Kier molecular flexibility index (Phi) is 5.60. The summed E-state index contributed by atoms with van der Waals surface area (Å²) in [5, 5.41) is 2.12. The molecule has 1 aliphatic carbocycles. The number of methoxy groups -OCH3 is 1. The number of carbonyl (C=O) groups excluding carboxylic acids is 1. The van der Waals surface area contributed by atoms with Gasteiger partial charge in [-0.3, -0.25) is 4.79 Å². The first kappa shape index (κ1) is 20.3. The summed E-state index contributed by atoms with van der Waals surface area (Å²) in [7, 11) is 1.71. The number of carbonyl (C=O) groups is 1. The van der Waals surface area contributed by atoms with Gasteiger partial charge in [0.25, 0.3) is 5.91 Å². The monoisotopic (exact) mass is 412 g/mol. The molecule has 1 atom stereocenters. The minimum atomic E-state index is 0.219. The second-order valence-electron chi connectivity index (χ2n) is 9.31. The van der Waals surface area contributed by atoms with Gasteiger partial charge in [0.1, 0.15) is 5.75 Å². The summed E-state index contributed by atoms with van der Waals surface area (Å²) in [6.07, 6.45) is 3.36. The summed E-state index contributed by atoms with van der Waals surface area (Å²) >= 11 is 1.79. The number of hydrogen-bond donors (Lipinski definition) is 0. The summed E-state index contributed by atoms with van der Waals surface area (Å²) < 4.78 is 5.51. The van der Waals surface area contributed by atoms with Crippen LogP contribution in [-0.4, -0.2) is 44.1 Å². The van der Waals surface area contributed by atoms with E-state index in [0.29, 0.717) is 11.3 Å². The van der Waals surface area contributed by atoms with Crippen molar-refractivity contribution in [3.8, 4) is 5.75 Å². The molecule has 4 nitrogen and oxygen atoms in total. The minimum absolute atomic E-state index is 0.219. The van der Waals surface area contributed by atoms with Gasteiger partial charge in [-0.1, -0.05) is 32.9 Å². The molecule has 0 spiro atoms. The number of rotatable bonds is 3. The maximum atomic E-state index is 13.3. The molecule has 1 aliphatic heterocycles. The van der Waals surface area contributed by atoms with Crippen molar-refractivity contribution in [3.63, 3.8) is 0 Å². The molecule has 2 heterocycles.